The summed E-state index contributed by atoms with van der Waals surface area (Å²) >= 11 is 6.20. The van der Waals surface area contributed by atoms with Crippen LogP contribution >= 0.6 is 11.6 Å². The predicted molar refractivity (Wildman–Crippen MR) is 76.1 cm³/mol. The van der Waals surface area contributed by atoms with Crippen molar-refractivity contribution >= 4 is 17.6 Å². The molecule has 7 nitrogen and oxygen atoms in total. The summed E-state index contributed by atoms with van der Waals surface area (Å²) in [6.45, 7) is 0.947. The lowest BCUT2D eigenvalue weighted by Gasteiger charge is -2.15. The highest BCUT2D eigenvalue weighted by Crippen LogP contribution is 2.49. The number of carboxylic acids is 1. The van der Waals surface area contributed by atoms with E-state index in [1.165, 1.54) is 13.2 Å². The Balaban J connectivity index is 2.22. The molecule has 0 atom stereocenters. The summed E-state index contributed by atoms with van der Waals surface area (Å²) in [4.78, 5) is 11.0. The number of fused-ring (bicyclic) bond motifs is 1. The fourth-order valence-electron chi connectivity index (χ4n) is 2.18. The fourth-order valence-corrected chi connectivity index (χ4v) is 2.45. The molecule has 22 heavy (non-hydrogen) atoms. The van der Waals surface area contributed by atoms with Crippen molar-refractivity contribution in [2.75, 3.05) is 20.3 Å². The molecule has 1 aromatic carbocycles. The molecule has 2 heterocycles. The van der Waals surface area contributed by atoms with Gasteiger partial charge in [-0.15, -0.1) is 0 Å². The zero-order valence-corrected chi connectivity index (χ0v) is 12.3. The highest BCUT2D eigenvalue weighted by molar-refractivity contribution is 6.33. The third kappa shape index (κ3) is 2.43. The lowest BCUT2D eigenvalue weighted by molar-refractivity contribution is 0.0652. The Morgan fingerprint density at radius 2 is 2.14 bits per heavy atom. The molecule has 1 aromatic heterocycles. The van der Waals surface area contributed by atoms with Gasteiger partial charge in [0.25, 0.3) is 0 Å². The monoisotopic (exact) mass is 325 g/mol. The van der Waals surface area contributed by atoms with Crippen LogP contribution in [-0.4, -0.2) is 36.6 Å². The van der Waals surface area contributed by atoms with Gasteiger partial charge in [-0.1, -0.05) is 16.8 Å². The van der Waals surface area contributed by atoms with Crippen molar-refractivity contribution in [1.82, 2.24) is 5.16 Å². The van der Waals surface area contributed by atoms with Crippen LogP contribution < -0.4 is 14.2 Å². The van der Waals surface area contributed by atoms with E-state index in [9.17, 15) is 4.79 Å². The Hall–Kier alpha value is -2.41. The zero-order chi connectivity index (χ0) is 15.7. The second kappa shape index (κ2) is 5.76. The molecule has 116 valence electrons. The van der Waals surface area contributed by atoms with E-state index in [2.05, 4.69) is 5.16 Å². The first kappa shape index (κ1) is 14.5. The van der Waals surface area contributed by atoms with E-state index in [1.54, 1.807) is 6.07 Å². The van der Waals surface area contributed by atoms with Gasteiger partial charge >= 0.3 is 5.97 Å². The van der Waals surface area contributed by atoms with Gasteiger partial charge in [-0.05, 0) is 0 Å². The van der Waals surface area contributed by atoms with E-state index in [-0.39, 0.29) is 11.5 Å². The number of aromatic carboxylic acids is 1. The SMILES string of the molecule is COc1c(Cl)cc2c(c1-c1cc(C(=O)O)on1)OCCCO2. The van der Waals surface area contributed by atoms with Crippen LogP contribution in [0.2, 0.25) is 5.02 Å². The van der Waals surface area contributed by atoms with E-state index in [1.807, 2.05) is 0 Å². The summed E-state index contributed by atoms with van der Waals surface area (Å²) in [5, 5.41) is 13.0. The number of methoxy groups -OCH3 is 1. The van der Waals surface area contributed by atoms with Crippen molar-refractivity contribution in [2.24, 2.45) is 0 Å². The van der Waals surface area contributed by atoms with Crippen molar-refractivity contribution < 1.29 is 28.6 Å². The van der Waals surface area contributed by atoms with Gasteiger partial charge in [-0.25, -0.2) is 4.79 Å². The molecule has 1 aliphatic heterocycles. The molecule has 8 heteroatoms. The Morgan fingerprint density at radius 3 is 2.82 bits per heavy atom. The quantitative estimate of drug-likeness (QED) is 0.927. The lowest BCUT2D eigenvalue weighted by Crippen LogP contribution is -1.99. The van der Waals surface area contributed by atoms with Gasteiger partial charge in [0.15, 0.2) is 17.2 Å². The number of hydrogen-bond donors (Lipinski definition) is 1. The van der Waals surface area contributed by atoms with Crippen molar-refractivity contribution in [3.8, 4) is 28.5 Å². The van der Waals surface area contributed by atoms with Crippen LogP contribution in [0.15, 0.2) is 16.7 Å². The molecule has 0 aliphatic carbocycles. The van der Waals surface area contributed by atoms with Crippen molar-refractivity contribution in [1.29, 1.82) is 0 Å². The summed E-state index contributed by atoms with van der Waals surface area (Å²) in [5.74, 6) is -0.332. The summed E-state index contributed by atoms with van der Waals surface area (Å²) in [6.07, 6.45) is 0.716. The number of benzene rings is 1. The predicted octanol–water partition coefficient (Wildman–Crippen LogP) is 2.86. The van der Waals surface area contributed by atoms with Gasteiger partial charge in [-0.3, -0.25) is 0 Å². The normalized spacial score (nSPS) is 13.5. The molecule has 0 radical (unpaired) electrons. The Morgan fingerprint density at radius 1 is 1.36 bits per heavy atom. The maximum Gasteiger partial charge on any atom is 0.374 e. The van der Waals surface area contributed by atoms with Crippen molar-refractivity contribution in [3.63, 3.8) is 0 Å². The van der Waals surface area contributed by atoms with Crippen molar-refractivity contribution in [3.05, 3.63) is 22.9 Å². The van der Waals surface area contributed by atoms with E-state index in [0.29, 0.717) is 47.5 Å². The first-order valence-electron chi connectivity index (χ1n) is 6.48. The van der Waals surface area contributed by atoms with Gasteiger partial charge in [0.1, 0.15) is 5.69 Å². The molecule has 0 saturated carbocycles. The topological polar surface area (TPSA) is 91.0 Å². The Kier molecular flexibility index (Phi) is 3.81. The lowest BCUT2D eigenvalue weighted by atomic mass is 10.1. The van der Waals surface area contributed by atoms with Crippen molar-refractivity contribution in [2.45, 2.75) is 6.42 Å². The van der Waals surface area contributed by atoms with Crippen LogP contribution in [-0.2, 0) is 0 Å². The van der Waals surface area contributed by atoms with Gasteiger partial charge in [0.2, 0.25) is 5.76 Å². The Labute approximate surface area is 130 Å². The summed E-state index contributed by atoms with van der Waals surface area (Å²) in [7, 11) is 1.45. The molecule has 0 spiro atoms. The van der Waals surface area contributed by atoms with Crippen LogP contribution in [0.3, 0.4) is 0 Å². The minimum Gasteiger partial charge on any atom is -0.494 e. The second-order valence-corrected chi connectivity index (χ2v) is 4.93. The van der Waals surface area contributed by atoms with E-state index < -0.39 is 5.97 Å². The Bertz CT molecular complexity index is 726. The standard InChI is InChI=1S/C14H12ClNO6/c1-19-12-7(15)5-9-13(21-4-2-3-20-9)11(12)8-6-10(14(17)18)22-16-8/h5-6H,2-4H2,1H3,(H,17,18). The average Bonchev–Trinajstić information content (AvgIpc) is 2.86. The maximum absolute atomic E-state index is 11.0. The van der Waals surface area contributed by atoms with Gasteiger partial charge in [-0.2, -0.15) is 0 Å². The number of carboxylic acid groups (broad SMARTS) is 1. The third-order valence-corrected chi connectivity index (χ3v) is 3.41. The summed E-state index contributed by atoms with van der Waals surface area (Å²) < 4.78 is 21.4. The maximum atomic E-state index is 11.0. The van der Waals surface area contributed by atoms with Gasteiger partial charge in [0.05, 0.1) is 30.9 Å². The summed E-state index contributed by atoms with van der Waals surface area (Å²) in [6, 6.07) is 2.88. The van der Waals surface area contributed by atoms with Crippen LogP contribution in [0.4, 0.5) is 0 Å². The molecule has 0 unspecified atom stereocenters. The number of aromatic nitrogens is 1. The molecule has 0 bridgehead atoms. The minimum atomic E-state index is -1.22. The van der Waals surface area contributed by atoms with Crippen LogP contribution in [0.5, 0.6) is 17.2 Å². The number of halogens is 1. The number of carbonyl (C=O) groups is 1. The largest absolute Gasteiger partial charge is 0.494 e. The highest BCUT2D eigenvalue weighted by Gasteiger charge is 2.26. The number of nitrogens with zero attached hydrogens (tertiary/aromatic N) is 1. The van der Waals surface area contributed by atoms with Gasteiger partial charge in [0, 0.05) is 18.6 Å². The second-order valence-electron chi connectivity index (χ2n) is 4.53. The van der Waals surface area contributed by atoms with E-state index in [4.69, 9.17) is 35.4 Å². The number of hydrogen-bond acceptors (Lipinski definition) is 6. The average molecular weight is 326 g/mol. The smallest absolute Gasteiger partial charge is 0.374 e. The van der Waals surface area contributed by atoms with Crippen LogP contribution in [0, 0.1) is 0 Å². The molecule has 2 aromatic rings. The fraction of sp³-hybridized carbons (Fsp3) is 0.286. The molecular formula is C14H12ClNO6. The third-order valence-electron chi connectivity index (χ3n) is 3.13. The number of rotatable bonds is 3. The highest BCUT2D eigenvalue weighted by atomic mass is 35.5. The van der Waals surface area contributed by atoms with Crippen LogP contribution in [0.1, 0.15) is 17.0 Å². The zero-order valence-electron chi connectivity index (χ0n) is 11.6. The van der Waals surface area contributed by atoms with Crippen LogP contribution in [0.25, 0.3) is 11.3 Å². The molecule has 0 amide bonds. The molecular weight excluding hydrogens is 314 g/mol. The molecule has 0 fully saturated rings. The van der Waals surface area contributed by atoms with Gasteiger partial charge < -0.3 is 23.8 Å². The number of ether oxygens (including phenoxy) is 3. The first-order valence-corrected chi connectivity index (χ1v) is 6.86. The molecule has 3 rings (SSSR count). The summed E-state index contributed by atoms with van der Waals surface area (Å²) in [5.41, 5.74) is 0.654. The minimum absolute atomic E-state index is 0.249. The molecule has 1 aliphatic rings. The van der Waals surface area contributed by atoms with E-state index in [0.717, 1.165) is 0 Å². The van der Waals surface area contributed by atoms with E-state index >= 15 is 0 Å². The molecule has 0 saturated heterocycles. The molecule has 1 N–H and O–H groups in total. The first-order chi connectivity index (χ1) is 10.6.